The van der Waals surface area contributed by atoms with E-state index in [1.807, 2.05) is 0 Å². The Morgan fingerprint density at radius 1 is 1.12 bits per heavy atom. The van der Waals surface area contributed by atoms with Crippen molar-refractivity contribution < 1.29 is 9.90 Å². The SMILES string of the molecule is N#CC1CCN(C2CCN(C(=O)O)CC2)CC1. The van der Waals surface area contributed by atoms with Gasteiger partial charge in [0.2, 0.25) is 0 Å². The third-order valence-corrected chi connectivity index (χ3v) is 3.96. The lowest BCUT2D eigenvalue weighted by Gasteiger charge is -2.40. The topological polar surface area (TPSA) is 67.6 Å². The number of rotatable bonds is 1. The van der Waals surface area contributed by atoms with Crippen molar-refractivity contribution in [2.45, 2.75) is 31.7 Å². The molecule has 0 unspecified atom stereocenters. The molecule has 0 aromatic rings. The minimum atomic E-state index is -0.799. The molecule has 5 heteroatoms. The number of hydrogen-bond donors (Lipinski definition) is 1. The molecule has 5 nitrogen and oxygen atoms in total. The molecular weight excluding hydrogens is 218 g/mol. The van der Waals surface area contributed by atoms with Crippen molar-refractivity contribution in [3.05, 3.63) is 0 Å². The van der Waals surface area contributed by atoms with Crippen molar-refractivity contribution >= 4 is 6.09 Å². The summed E-state index contributed by atoms with van der Waals surface area (Å²) in [5, 5.41) is 17.7. The molecule has 2 aliphatic rings. The summed E-state index contributed by atoms with van der Waals surface area (Å²) < 4.78 is 0. The Balaban J connectivity index is 1.78. The van der Waals surface area contributed by atoms with Crippen molar-refractivity contribution in [3.8, 4) is 6.07 Å². The molecule has 17 heavy (non-hydrogen) atoms. The molecule has 0 spiro atoms. The van der Waals surface area contributed by atoms with Crippen LogP contribution in [0.4, 0.5) is 4.79 Å². The number of nitrogens with zero attached hydrogens (tertiary/aromatic N) is 3. The van der Waals surface area contributed by atoms with Gasteiger partial charge in [0.15, 0.2) is 0 Å². The number of hydrogen-bond acceptors (Lipinski definition) is 3. The van der Waals surface area contributed by atoms with Gasteiger partial charge >= 0.3 is 6.09 Å². The number of carboxylic acid groups (broad SMARTS) is 1. The summed E-state index contributed by atoms with van der Waals surface area (Å²) in [6.07, 6.45) is 3.00. The summed E-state index contributed by atoms with van der Waals surface area (Å²) in [7, 11) is 0. The van der Waals surface area contributed by atoms with Crippen LogP contribution in [0.1, 0.15) is 25.7 Å². The van der Waals surface area contributed by atoms with Crippen molar-refractivity contribution in [1.82, 2.24) is 9.80 Å². The first kappa shape index (κ1) is 12.2. The molecule has 2 aliphatic heterocycles. The molecule has 0 aromatic carbocycles. The van der Waals surface area contributed by atoms with Gasteiger partial charge in [-0.05, 0) is 38.8 Å². The summed E-state index contributed by atoms with van der Waals surface area (Å²) in [6.45, 7) is 3.29. The smallest absolute Gasteiger partial charge is 0.407 e. The minimum Gasteiger partial charge on any atom is -0.465 e. The quantitative estimate of drug-likeness (QED) is 0.747. The van der Waals surface area contributed by atoms with Gasteiger partial charge in [-0.1, -0.05) is 0 Å². The average molecular weight is 237 g/mol. The van der Waals surface area contributed by atoms with Crippen LogP contribution in [0.5, 0.6) is 0 Å². The van der Waals surface area contributed by atoms with Gasteiger partial charge in [0, 0.05) is 25.0 Å². The van der Waals surface area contributed by atoms with Crippen LogP contribution < -0.4 is 0 Å². The van der Waals surface area contributed by atoms with Crippen LogP contribution in [0.25, 0.3) is 0 Å². The van der Waals surface area contributed by atoms with E-state index in [0.29, 0.717) is 19.1 Å². The second-order valence-electron chi connectivity index (χ2n) is 4.94. The zero-order valence-corrected chi connectivity index (χ0v) is 10.0. The Morgan fingerprint density at radius 3 is 2.18 bits per heavy atom. The number of likely N-dealkylation sites (tertiary alicyclic amines) is 2. The Labute approximate surface area is 102 Å². The van der Waals surface area contributed by atoms with E-state index in [9.17, 15) is 4.79 Å². The van der Waals surface area contributed by atoms with Crippen LogP contribution >= 0.6 is 0 Å². The van der Waals surface area contributed by atoms with Crippen LogP contribution in [0.2, 0.25) is 0 Å². The maximum Gasteiger partial charge on any atom is 0.407 e. The molecule has 1 N–H and O–H groups in total. The molecule has 0 atom stereocenters. The van der Waals surface area contributed by atoms with Crippen molar-refractivity contribution in [2.75, 3.05) is 26.2 Å². The maximum absolute atomic E-state index is 10.8. The van der Waals surface area contributed by atoms with E-state index in [-0.39, 0.29) is 5.92 Å². The molecule has 0 saturated carbocycles. The van der Waals surface area contributed by atoms with Gasteiger partial charge in [-0.2, -0.15) is 5.26 Å². The minimum absolute atomic E-state index is 0.227. The van der Waals surface area contributed by atoms with E-state index < -0.39 is 6.09 Å². The van der Waals surface area contributed by atoms with E-state index in [4.69, 9.17) is 10.4 Å². The van der Waals surface area contributed by atoms with Crippen LogP contribution in [-0.4, -0.2) is 53.2 Å². The molecule has 2 rings (SSSR count). The molecule has 2 fully saturated rings. The van der Waals surface area contributed by atoms with E-state index in [2.05, 4.69) is 11.0 Å². The second-order valence-corrected chi connectivity index (χ2v) is 4.94. The Bertz CT molecular complexity index is 310. The number of nitriles is 1. The lowest BCUT2D eigenvalue weighted by atomic mass is 9.94. The fourth-order valence-electron chi connectivity index (χ4n) is 2.82. The summed E-state index contributed by atoms with van der Waals surface area (Å²) >= 11 is 0. The molecule has 0 aliphatic carbocycles. The van der Waals surface area contributed by atoms with Gasteiger partial charge in [0.1, 0.15) is 0 Å². The van der Waals surface area contributed by atoms with Gasteiger partial charge in [-0.15, -0.1) is 0 Å². The third kappa shape index (κ3) is 2.89. The van der Waals surface area contributed by atoms with Gasteiger partial charge in [-0.25, -0.2) is 4.79 Å². The predicted octanol–water partition coefficient (Wildman–Crippen LogP) is 1.36. The number of piperidine rings is 2. The van der Waals surface area contributed by atoms with Gasteiger partial charge in [-0.3, -0.25) is 0 Å². The van der Waals surface area contributed by atoms with Crippen LogP contribution in [0.15, 0.2) is 0 Å². The first-order valence-corrected chi connectivity index (χ1v) is 6.32. The fourth-order valence-corrected chi connectivity index (χ4v) is 2.82. The number of amides is 1. The molecule has 2 heterocycles. The maximum atomic E-state index is 10.8. The Morgan fingerprint density at radius 2 is 1.71 bits per heavy atom. The van der Waals surface area contributed by atoms with Crippen molar-refractivity contribution in [3.63, 3.8) is 0 Å². The highest BCUT2D eigenvalue weighted by Gasteiger charge is 2.29. The molecule has 0 bridgehead atoms. The first-order valence-electron chi connectivity index (χ1n) is 6.32. The van der Waals surface area contributed by atoms with Crippen LogP contribution in [0, 0.1) is 17.2 Å². The molecule has 2 saturated heterocycles. The van der Waals surface area contributed by atoms with Crippen LogP contribution in [-0.2, 0) is 0 Å². The van der Waals surface area contributed by atoms with Crippen LogP contribution in [0.3, 0.4) is 0 Å². The van der Waals surface area contributed by atoms with Gasteiger partial charge in [0.05, 0.1) is 6.07 Å². The largest absolute Gasteiger partial charge is 0.465 e. The van der Waals surface area contributed by atoms with E-state index >= 15 is 0 Å². The lowest BCUT2D eigenvalue weighted by molar-refractivity contribution is 0.0793. The summed E-state index contributed by atoms with van der Waals surface area (Å²) in [6, 6.07) is 2.86. The molecular formula is C12H19N3O2. The molecule has 94 valence electrons. The zero-order chi connectivity index (χ0) is 12.3. The van der Waals surface area contributed by atoms with Crippen molar-refractivity contribution in [1.29, 1.82) is 5.26 Å². The third-order valence-electron chi connectivity index (χ3n) is 3.96. The van der Waals surface area contributed by atoms with Gasteiger partial charge in [0.25, 0.3) is 0 Å². The Hall–Kier alpha value is -1.28. The standard InChI is InChI=1S/C12H19N3O2/c13-9-10-1-5-14(6-2-10)11-3-7-15(8-4-11)12(16)17/h10-11H,1-8H2,(H,16,17). The average Bonchev–Trinajstić information content (AvgIpc) is 2.39. The highest BCUT2D eigenvalue weighted by Crippen LogP contribution is 2.23. The first-order chi connectivity index (χ1) is 8.20. The normalized spacial score (nSPS) is 24.5. The highest BCUT2D eigenvalue weighted by molar-refractivity contribution is 5.65. The molecule has 0 aromatic heterocycles. The monoisotopic (exact) mass is 237 g/mol. The van der Waals surface area contributed by atoms with E-state index in [0.717, 1.165) is 38.8 Å². The highest BCUT2D eigenvalue weighted by atomic mass is 16.4. The Kier molecular flexibility index (Phi) is 3.85. The summed E-state index contributed by atoms with van der Waals surface area (Å²) in [5.74, 6) is 0.227. The van der Waals surface area contributed by atoms with Gasteiger partial charge < -0.3 is 14.9 Å². The summed E-state index contributed by atoms with van der Waals surface area (Å²) in [5.41, 5.74) is 0. The summed E-state index contributed by atoms with van der Waals surface area (Å²) in [4.78, 5) is 14.7. The lowest BCUT2D eigenvalue weighted by Crippen LogP contribution is -2.48. The van der Waals surface area contributed by atoms with E-state index in [1.54, 1.807) is 0 Å². The fraction of sp³-hybridized carbons (Fsp3) is 0.833. The van der Waals surface area contributed by atoms with E-state index in [1.165, 1.54) is 4.90 Å². The number of carbonyl (C=O) groups is 1. The second kappa shape index (κ2) is 5.37. The molecule has 1 amide bonds. The van der Waals surface area contributed by atoms with Crippen molar-refractivity contribution in [2.24, 2.45) is 5.92 Å². The zero-order valence-electron chi connectivity index (χ0n) is 10.0. The molecule has 0 radical (unpaired) electrons. The predicted molar refractivity (Wildman–Crippen MR) is 62.5 cm³/mol.